The Morgan fingerprint density at radius 3 is 2.58 bits per heavy atom. The summed E-state index contributed by atoms with van der Waals surface area (Å²) in [7, 11) is 0. The SMILES string of the molecule is O=C(NCC(c1ccco1)N1CCCC1)c1cccc2c(-c3ccn[nH]3)cccc12.O=CO. The zero-order valence-electron chi connectivity index (χ0n) is 18.1. The highest BCUT2D eigenvalue weighted by Gasteiger charge is 2.26. The number of carbonyl (C=O) groups is 2. The highest BCUT2D eigenvalue weighted by molar-refractivity contribution is 6.10. The van der Waals surface area contributed by atoms with E-state index in [0.29, 0.717) is 12.1 Å². The Morgan fingerprint density at radius 1 is 1.12 bits per heavy atom. The molecule has 1 aliphatic heterocycles. The van der Waals surface area contributed by atoms with Crippen molar-refractivity contribution in [2.75, 3.05) is 19.6 Å². The molecule has 4 aromatic rings. The summed E-state index contributed by atoms with van der Waals surface area (Å²) in [5, 5.41) is 19.1. The molecule has 1 unspecified atom stereocenters. The van der Waals surface area contributed by atoms with E-state index in [1.165, 1.54) is 12.8 Å². The minimum absolute atomic E-state index is 0.0574. The number of hydrogen-bond donors (Lipinski definition) is 3. The van der Waals surface area contributed by atoms with Gasteiger partial charge in [0.1, 0.15) is 5.76 Å². The molecule has 0 aliphatic carbocycles. The minimum Gasteiger partial charge on any atom is -0.483 e. The van der Waals surface area contributed by atoms with Gasteiger partial charge in [-0.3, -0.25) is 19.6 Å². The first kappa shape index (κ1) is 22.3. The molecule has 3 heterocycles. The number of aromatic amines is 1. The first-order chi connectivity index (χ1) is 16.2. The van der Waals surface area contributed by atoms with E-state index >= 15 is 0 Å². The fraction of sp³-hybridized carbons (Fsp3) is 0.240. The van der Waals surface area contributed by atoms with Crippen LogP contribution in [0.2, 0.25) is 0 Å². The van der Waals surface area contributed by atoms with Crippen LogP contribution in [0.5, 0.6) is 0 Å². The lowest BCUT2D eigenvalue weighted by Gasteiger charge is -2.26. The van der Waals surface area contributed by atoms with Gasteiger partial charge >= 0.3 is 0 Å². The molecule has 1 aliphatic rings. The third-order valence-electron chi connectivity index (χ3n) is 5.87. The molecule has 2 aromatic carbocycles. The van der Waals surface area contributed by atoms with Crippen molar-refractivity contribution < 1.29 is 19.1 Å². The molecule has 5 rings (SSSR count). The van der Waals surface area contributed by atoms with Gasteiger partial charge in [0.2, 0.25) is 0 Å². The van der Waals surface area contributed by atoms with Gasteiger partial charge < -0.3 is 14.8 Å². The second-order valence-corrected chi connectivity index (χ2v) is 7.77. The normalized spacial score (nSPS) is 14.4. The molecule has 1 amide bonds. The van der Waals surface area contributed by atoms with Crippen LogP contribution >= 0.6 is 0 Å². The van der Waals surface area contributed by atoms with Crippen molar-refractivity contribution in [2.24, 2.45) is 0 Å². The molecule has 170 valence electrons. The number of benzene rings is 2. The van der Waals surface area contributed by atoms with Crippen LogP contribution in [0.1, 0.15) is 35.0 Å². The molecule has 1 saturated heterocycles. The van der Waals surface area contributed by atoms with Crippen LogP contribution in [0.4, 0.5) is 0 Å². The van der Waals surface area contributed by atoms with Crippen LogP contribution in [0.25, 0.3) is 22.0 Å². The van der Waals surface area contributed by atoms with Gasteiger partial charge in [-0.15, -0.1) is 0 Å². The predicted molar refractivity (Wildman–Crippen MR) is 125 cm³/mol. The third kappa shape index (κ3) is 4.96. The molecule has 33 heavy (non-hydrogen) atoms. The summed E-state index contributed by atoms with van der Waals surface area (Å²) in [5.41, 5.74) is 2.64. The van der Waals surface area contributed by atoms with Gasteiger partial charge in [-0.1, -0.05) is 30.3 Å². The summed E-state index contributed by atoms with van der Waals surface area (Å²) in [6.45, 7) is 2.33. The number of fused-ring (bicyclic) bond motifs is 1. The number of rotatable bonds is 6. The average Bonchev–Trinajstić information content (AvgIpc) is 3.63. The second kappa shape index (κ2) is 10.6. The van der Waals surface area contributed by atoms with Gasteiger partial charge in [0.05, 0.1) is 18.0 Å². The van der Waals surface area contributed by atoms with Crippen LogP contribution in [0, 0.1) is 0 Å². The maximum atomic E-state index is 13.2. The van der Waals surface area contributed by atoms with Gasteiger partial charge in [0.15, 0.2) is 0 Å². The monoisotopic (exact) mass is 446 g/mol. The van der Waals surface area contributed by atoms with E-state index in [0.717, 1.165) is 40.9 Å². The number of carbonyl (C=O) groups excluding carboxylic acids is 1. The van der Waals surface area contributed by atoms with E-state index in [-0.39, 0.29) is 18.4 Å². The van der Waals surface area contributed by atoms with Crippen LogP contribution in [0.15, 0.2) is 71.5 Å². The maximum absolute atomic E-state index is 13.2. The standard InChI is InChI=1S/C24H24N4O2.CH2O2/c29-24(25-16-22(23-10-5-15-30-23)28-13-1-2-14-28)20-9-4-6-17-18(20)7-3-8-19(17)21-11-12-26-27-21;2-1-3/h3-12,15,22H,1-2,13-14,16H2,(H,25,29)(H,26,27);1H,(H,2,3). The van der Waals surface area contributed by atoms with E-state index in [1.807, 2.05) is 54.6 Å². The average molecular weight is 447 g/mol. The molecule has 0 spiro atoms. The summed E-state index contributed by atoms with van der Waals surface area (Å²) in [5.74, 6) is 0.828. The largest absolute Gasteiger partial charge is 0.483 e. The van der Waals surface area contributed by atoms with E-state index in [4.69, 9.17) is 14.3 Å². The fourth-order valence-electron chi connectivity index (χ4n) is 4.38. The molecule has 8 heteroatoms. The topological polar surface area (TPSA) is 111 Å². The molecule has 0 bridgehead atoms. The highest BCUT2D eigenvalue weighted by atomic mass is 16.3. The van der Waals surface area contributed by atoms with Gasteiger partial charge in [-0.2, -0.15) is 5.10 Å². The molecule has 1 fully saturated rings. The van der Waals surface area contributed by atoms with E-state index < -0.39 is 0 Å². The Labute approximate surface area is 191 Å². The van der Waals surface area contributed by atoms with Crippen molar-refractivity contribution >= 4 is 23.2 Å². The smallest absolute Gasteiger partial charge is 0.290 e. The predicted octanol–water partition coefficient (Wildman–Crippen LogP) is 4.09. The van der Waals surface area contributed by atoms with E-state index in [1.54, 1.807) is 12.5 Å². The summed E-state index contributed by atoms with van der Waals surface area (Å²) in [6, 6.07) is 17.8. The first-order valence-electron chi connectivity index (χ1n) is 10.9. The zero-order valence-corrected chi connectivity index (χ0v) is 18.1. The van der Waals surface area contributed by atoms with Crippen molar-refractivity contribution in [2.45, 2.75) is 18.9 Å². The van der Waals surface area contributed by atoms with Crippen molar-refractivity contribution in [3.8, 4) is 11.3 Å². The Morgan fingerprint density at radius 2 is 1.88 bits per heavy atom. The van der Waals surface area contributed by atoms with Crippen molar-refractivity contribution in [1.82, 2.24) is 20.4 Å². The number of nitrogens with one attached hydrogen (secondary N) is 2. The molecule has 2 aromatic heterocycles. The van der Waals surface area contributed by atoms with Gasteiger partial charge in [-0.05, 0) is 61.0 Å². The fourth-order valence-corrected chi connectivity index (χ4v) is 4.38. The Balaban J connectivity index is 0.000000821. The summed E-state index contributed by atoms with van der Waals surface area (Å²) < 4.78 is 5.67. The van der Waals surface area contributed by atoms with E-state index in [2.05, 4.69) is 20.4 Å². The maximum Gasteiger partial charge on any atom is 0.290 e. The Hall–Kier alpha value is -3.91. The molecule has 0 saturated carbocycles. The molecular weight excluding hydrogens is 420 g/mol. The molecule has 8 nitrogen and oxygen atoms in total. The first-order valence-corrected chi connectivity index (χ1v) is 10.9. The van der Waals surface area contributed by atoms with Gasteiger partial charge in [-0.25, -0.2) is 0 Å². The van der Waals surface area contributed by atoms with Gasteiger partial charge in [0.25, 0.3) is 12.4 Å². The number of carboxylic acid groups (broad SMARTS) is 1. The van der Waals surface area contributed by atoms with E-state index in [9.17, 15) is 4.79 Å². The molecule has 3 N–H and O–H groups in total. The highest BCUT2D eigenvalue weighted by Crippen LogP contribution is 2.29. The van der Waals surface area contributed by atoms with Gasteiger partial charge in [0, 0.05) is 23.9 Å². The lowest BCUT2D eigenvalue weighted by atomic mass is 9.98. The summed E-state index contributed by atoms with van der Waals surface area (Å²) >= 11 is 0. The number of likely N-dealkylation sites (tertiary alicyclic amines) is 1. The molecule has 1 atom stereocenters. The Bertz CT molecular complexity index is 1180. The van der Waals surface area contributed by atoms with Crippen molar-refractivity contribution in [1.29, 1.82) is 0 Å². The number of H-pyrrole nitrogens is 1. The number of nitrogens with zero attached hydrogens (tertiary/aromatic N) is 2. The zero-order chi connectivity index (χ0) is 23.0. The van der Waals surface area contributed by atoms with Crippen LogP contribution in [0.3, 0.4) is 0 Å². The quantitative estimate of drug-likeness (QED) is 0.385. The number of aromatic nitrogens is 2. The second-order valence-electron chi connectivity index (χ2n) is 7.77. The van der Waals surface area contributed by atoms with Crippen molar-refractivity contribution in [3.63, 3.8) is 0 Å². The number of amides is 1. The molecule has 0 radical (unpaired) electrons. The number of furan rings is 1. The lowest BCUT2D eigenvalue weighted by molar-refractivity contribution is -0.122. The minimum atomic E-state index is -0.250. The number of hydrogen-bond acceptors (Lipinski definition) is 5. The van der Waals surface area contributed by atoms with Crippen LogP contribution < -0.4 is 5.32 Å². The van der Waals surface area contributed by atoms with Crippen LogP contribution in [-0.2, 0) is 4.79 Å². The summed E-state index contributed by atoms with van der Waals surface area (Å²) in [4.78, 5) is 23.9. The lowest BCUT2D eigenvalue weighted by Crippen LogP contribution is -2.36. The summed E-state index contributed by atoms with van der Waals surface area (Å²) in [6.07, 6.45) is 5.80. The van der Waals surface area contributed by atoms with Crippen molar-refractivity contribution in [3.05, 3.63) is 78.4 Å². The third-order valence-corrected chi connectivity index (χ3v) is 5.87. The van der Waals surface area contributed by atoms with Crippen LogP contribution in [-0.4, -0.2) is 52.2 Å². The molecular formula is C25H26N4O4. The Kier molecular flexibility index (Phi) is 7.16.